The summed E-state index contributed by atoms with van der Waals surface area (Å²) in [5.41, 5.74) is 1.13. The van der Waals surface area contributed by atoms with Crippen LogP contribution in [0.25, 0.3) is 0 Å². The first-order chi connectivity index (χ1) is 11.1. The van der Waals surface area contributed by atoms with Crippen molar-refractivity contribution in [1.29, 1.82) is 0 Å². The number of nitrogens with one attached hydrogen (secondary N) is 2. The van der Waals surface area contributed by atoms with Crippen molar-refractivity contribution in [3.63, 3.8) is 0 Å². The number of carbonyl (C=O) groups is 2. The number of aryl methyl sites for hydroxylation is 1. The van der Waals surface area contributed by atoms with Crippen LogP contribution >= 0.6 is 11.3 Å². The SMILES string of the molecule is Cc1nc(NC(=O)c2ccncc2)sc1C(=O)NCCC1CC1. The van der Waals surface area contributed by atoms with Gasteiger partial charge in [0.2, 0.25) is 0 Å². The predicted molar refractivity (Wildman–Crippen MR) is 88.7 cm³/mol. The first-order valence-corrected chi connectivity index (χ1v) is 8.42. The van der Waals surface area contributed by atoms with Gasteiger partial charge in [0.1, 0.15) is 4.88 Å². The lowest BCUT2D eigenvalue weighted by Gasteiger charge is -2.02. The summed E-state index contributed by atoms with van der Waals surface area (Å²) in [5.74, 6) is 0.403. The van der Waals surface area contributed by atoms with Gasteiger partial charge in [0, 0.05) is 24.5 Å². The second kappa shape index (κ2) is 6.87. The summed E-state index contributed by atoms with van der Waals surface area (Å²) in [6.07, 6.45) is 6.71. The van der Waals surface area contributed by atoms with Crippen molar-refractivity contribution in [3.8, 4) is 0 Å². The van der Waals surface area contributed by atoms with E-state index in [9.17, 15) is 9.59 Å². The van der Waals surface area contributed by atoms with Crippen LogP contribution < -0.4 is 10.6 Å². The highest BCUT2D eigenvalue weighted by Gasteiger charge is 2.22. The van der Waals surface area contributed by atoms with Crippen LogP contribution in [0.2, 0.25) is 0 Å². The molecule has 2 aromatic heterocycles. The lowest BCUT2D eigenvalue weighted by molar-refractivity contribution is 0.0955. The molecule has 0 atom stereocenters. The van der Waals surface area contributed by atoms with Gasteiger partial charge in [-0.05, 0) is 31.4 Å². The van der Waals surface area contributed by atoms with E-state index in [2.05, 4.69) is 20.6 Å². The van der Waals surface area contributed by atoms with Crippen LogP contribution in [-0.4, -0.2) is 28.3 Å². The molecule has 2 aromatic rings. The molecule has 1 aliphatic rings. The number of anilines is 1. The molecular formula is C16H18N4O2S. The van der Waals surface area contributed by atoms with Gasteiger partial charge in [0.15, 0.2) is 5.13 Å². The van der Waals surface area contributed by atoms with Gasteiger partial charge >= 0.3 is 0 Å². The summed E-state index contributed by atoms with van der Waals surface area (Å²) in [6.45, 7) is 2.47. The van der Waals surface area contributed by atoms with Gasteiger partial charge in [-0.3, -0.25) is 19.9 Å². The van der Waals surface area contributed by atoms with E-state index in [1.54, 1.807) is 31.5 Å². The van der Waals surface area contributed by atoms with E-state index in [-0.39, 0.29) is 11.8 Å². The molecule has 1 saturated carbocycles. The molecule has 0 saturated heterocycles. The van der Waals surface area contributed by atoms with Crippen LogP contribution in [0.4, 0.5) is 5.13 Å². The Balaban J connectivity index is 1.60. The number of pyridine rings is 1. The Morgan fingerprint density at radius 1 is 1.26 bits per heavy atom. The summed E-state index contributed by atoms with van der Waals surface area (Å²) in [7, 11) is 0. The fourth-order valence-corrected chi connectivity index (χ4v) is 3.09. The maximum atomic E-state index is 12.2. The van der Waals surface area contributed by atoms with Gasteiger partial charge in [0.05, 0.1) is 5.69 Å². The van der Waals surface area contributed by atoms with E-state index in [1.807, 2.05) is 0 Å². The lowest BCUT2D eigenvalue weighted by atomic mass is 10.2. The molecule has 3 rings (SSSR count). The molecular weight excluding hydrogens is 312 g/mol. The van der Waals surface area contributed by atoms with Crippen LogP contribution in [0.5, 0.6) is 0 Å². The average molecular weight is 330 g/mol. The number of hydrogen-bond acceptors (Lipinski definition) is 5. The maximum absolute atomic E-state index is 12.2. The highest BCUT2D eigenvalue weighted by molar-refractivity contribution is 7.17. The summed E-state index contributed by atoms with van der Waals surface area (Å²) >= 11 is 1.19. The topological polar surface area (TPSA) is 84.0 Å². The third kappa shape index (κ3) is 4.13. The van der Waals surface area contributed by atoms with Crippen molar-refractivity contribution in [3.05, 3.63) is 40.7 Å². The Kier molecular flexibility index (Phi) is 4.66. The van der Waals surface area contributed by atoms with E-state index in [0.717, 1.165) is 12.3 Å². The third-order valence-corrected chi connectivity index (χ3v) is 4.77. The summed E-state index contributed by atoms with van der Waals surface area (Å²) < 4.78 is 0. The van der Waals surface area contributed by atoms with Crippen molar-refractivity contribution < 1.29 is 9.59 Å². The van der Waals surface area contributed by atoms with Crippen LogP contribution in [-0.2, 0) is 0 Å². The fourth-order valence-electron chi connectivity index (χ4n) is 2.21. The van der Waals surface area contributed by atoms with Crippen molar-refractivity contribution in [2.24, 2.45) is 5.92 Å². The number of hydrogen-bond donors (Lipinski definition) is 2. The zero-order valence-corrected chi connectivity index (χ0v) is 13.7. The zero-order valence-electron chi connectivity index (χ0n) is 12.8. The Morgan fingerprint density at radius 3 is 2.70 bits per heavy atom. The second-order valence-electron chi connectivity index (χ2n) is 5.61. The Labute approximate surface area is 138 Å². The Bertz CT molecular complexity index is 710. The number of amides is 2. The molecule has 23 heavy (non-hydrogen) atoms. The van der Waals surface area contributed by atoms with Gasteiger partial charge < -0.3 is 5.32 Å². The van der Waals surface area contributed by atoms with Gasteiger partial charge in [0.25, 0.3) is 11.8 Å². The Morgan fingerprint density at radius 2 is 2.00 bits per heavy atom. The van der Waals surface area contributed by atoms with Gasteiger partial charge in [-0.15, -0.1) is 0 Å². The largest absolute Gasteiger partial charge is 0.351 e. The minimum atomic E-state index is -0.262. The van der Waals surface area contributed by atoms with Gasteiger partial charge in [-0.25, -0.2) is 4.98 Å². The van der Waals surface area contributed by atoms with Crippen LogP contribution in [0.1, 0.15) is 45.0 Å². The molecule has 0 aliphatic heterocycles. The van der Waals surface area contributed by atoms with Crippen molar-refractivity contribution in [2.75, 3.05) is 11.9 Å². The second-order valence-corrected chi connectivity index (χ2v) is 6.61. The van der Waals surface area contributed by atoms with Crippen molar-refractivity contribution in [1.82, 2.24) is 15.3 Å². The fraction of sp³-hybridized carbons (Fsp3) is 0.375. The van der Waals surface area contributed by atoms with Crippen LogP contribution in [0.3, 0.4) is 0 Å². The maximum Gasteiger partial charge on any atom is 0.263 e. The molecule has 120 valence electrons. The third-order valence-electron chi connectivity index (χ3n) is 3.70. The predicted octanol–water partition coefficient (Wildman–Crippen LogP) is 2.63. The minimum Gasteiger partial charge on any atom is -0.351 e. The molecule has 1 fully saturated rings. The highest BCUT2D eigenvalue weighted by atomic mass is 32.1. The van der Waals surface area contributed by atoms with E-state index >= 15 is 0 Å². The van der Waals surface area contributed by atoms with E-state index in [0.29, 0.717) is 27.8 Å². The molecule has 7 heteroatoms. The van der Waals surface area contributed by atoms with E-state index < -0.39 is 0 Å². The first-order valence-electron chi connectivity index (χ1n) is 7.60. The quantitative estimate of drug-likeness (QED) is 0.853. The molecule has 2 N–H and O–H groups in total. The first kappa shape index (κ1) is 15.6. The molecule has 0 bridgehead atoms. The monoisotopic (exact) mass is 330 g/mol. The number of nitrogens with zero attached hydrogens (tertiary/aromatic N) is 2. The molecule has 2 heterocycles. The molecule has 1 aliphatic carbocycles. The smallest absolute Gasteiger partial charge is 0.263 e. The number of thiazole rings is 1. The van der Waals surface area contributed by atoms with E-state index in [1.165, 1.54) is 24.2 Å². The van der Waals surface area contributed by atoms with E-state index in [4.69, 9.17) is 0 Å². The molecule has 0 spiro atoms. The average Bonchev–Trinajstić information content (AvgIpc) is 3.30. The van der Waals surface area contributed by atoms with Crippen molar-refractivity contribution >= 4 is 28.3 Å². The standard InChI is InChI=1S/C16H18N4O2S/c1-10-13(15(22)18-9-4-11-2-3-11)23-16(19-10)20-14(21)12-5-7-17-8-6-12/h5-8,11H,2-4,9H2,1H3,(H,18,22)(H,19,20,21). The number of rotatable bonds is 6. The summed E-state index contributed by atoms with van der Waals surface area (Å²) in [5, 5.41) is 6.07. The Hall–Kier alpha value is -2.28. The summed E-state index contributed by atoms with van der Waals surface area (Å²) in [6, 6.07) is 3.25. The lowest BCUT2D eigenvalue weighted by Crippen LogP contribution is -2.24. The number of aromatic nitrogens is 2. The summed E-state index contributed by atoms with van der Waals surface area (Å²) in [4.78, 5) is 32.9. The van der Waals surface area contributed by atoms with Crippen LogP contribution in [0.15, 0.2) is 24.5 Å². The molecule has 0 aromatic carbocycles. The highest BCUT2D eigenvalue weighted by Crippen LogP contribution is 2.31. The minimum absolute atomic E-state index is 0.120. The molecule has 0 radical (unpaired) electrons. The van der Waals surface area contributed by atoms with Gasteiger partial charge in [-0.1, -0.05) is 24.2 Å². The zero-order chi connectivity index (χ0) is 16.2. The number of carbonyl (C=O) groups excluding carboxylic acids is 2. The molecule has 2 amide bonds. The van der Waals surface area contributed by atoms with Gasteiger partial charge in [-0.2, -0.15) is 0 Å². The molecule has 6 nitrogen and oxygen atoms in total. The van der Waals surface area contributed by atoms with Crippen LogP contribution in [0, 0.1) is 12.8 Å². The van der Waals surface area contributed by atoms with Crippen molar-refractivity contribution in [2.45, 2.75) is 26.2 Å². The normalized spacial score (nSPS) is 13.6. The molecule has 0 unspecified atom stereocenters.